The van der Waals surface area contributed by atoms with Gasteiger partial charge in [-0.1, -0.05) is 46.8 Å². The van der Waals surface area contributed by atoms with Gasteiger partial charge in [0.1, 0.15) is 37.1 Å². The highest BCUT2D eigenvalue weighted by atomic mass is 16.7. The lowest BCUT2D eigenvalue weighted by Gasteiger charge is -2.72. The Morgan fingerprint density at radius 2 is 1.56 bits per heavy atom. The number of carboxylic acids is 1. The molecule has 0 aromatic heterocycles. The molecule has 6 rings (SSSR count). The standard InChI is InChI=1S/C39H63NO10/c1-21(2)22-11-16-39(34(46)47)18-17-37(6)23(29(22)39)9-10-26-36(5)14-13-27(35(3,4)25(36)12-15-38(26,37)7)50-28(42)19-40(48-8)33-32(45)31(44)30(43)24(20-41)49-33/h22-27,29-33,41,43-45H,1,9-20H2,2-8H3,(H,46,47)/t22-,23+,24+,25-,26+,27-,29+,30+,31+,32+,33+,36-,37+,38+,39-/m0/s1. The van der Waals surface area contributed by atoms with E-state index in [0.29, 0.717) is 24.2 Å². The fourth-order valence-corrected chi connectivity index (χ4v) is 13.6. The van der Waals surface area contributed by atoms with Crippen molar-refractivity contribution in [2.75, 3.05) is 20.3 Å². The first kappa shape index (κ1) is 38.1. The lowest BCUT2D eigenvalue weighted by Crippen LogP contribution is -2.67. The summed E-state index contributed by atoms with van der Waals surface area (Å²) in [6, 6.07) is 0. The second-order valence-corrected chi connectivity index (χ2v) is 18.5. The van der Waals surface area contributed by atoms with E-state index in [4.69, 9.17) is 14.3 Å². The molecular formula is C39H63NO10. The van der Waals surface area contributed by atoms with Crippen molar-refractivity contribution in [3.05, 3.63) is 12.2 Å². The molecule has 5 N–H and O–H groups in total. The van der Waals surface area contributed by atoms with Crippen molar-refractivity contribution in [2.45, 2.75) is 142 Å². The Balaban J connectivity index is 1.19. The van der Waals surface area contributed by atoms with Gasteiger partial charge < -0.3 is 35.0 Å². The van der Waals surface area contributed by atoms with Gasteiger partial charge in [-0.25, -0.2) is 0 Å². The van der Waals surface area contributed by atoms with Gasteiger partial charge in [-0.2, -0.15) is 0 Å². The maximum absolute atomic E-state index is 13.5. The first-order valence-electron chi connectivity index (χ1n) is 19.0. The molecule has 11 heteroatoms. The highest BCUT2D eigenvalue weighted by Crippen LogP contribution is 2.77. The first-order chi connectivity index (χ1) is 23.3. The van der Waals surface area contributed by atoms with Crippen molar-refractivity contribution < 1.29 is 49.4 Å². The number of aliphatic carboxylic acids is 1. The highest BCUT2D eigenvalue weighted by molar-refractivity contribution is 5.76. The molecule has 6 aliphatic rings. The van der Waals surface area contributed by atoms with Gasteiger partial charge in [0.25, 0.3) is 0 Å². The third kappa shape index (κ3) is 5.37. The number of esters is 1. The minimum Gasteiger partial charge on any atom is -0.481 e. The van der Waals surface area contributed by atoms with E-state index in [1.165, 1.54) is 7.11 Å². The quantitative estimate of drug-likeness (QED) is 0.139. The molecule has 0 unspecified atom stereocenters. The van der Waals surface area contributed by atoms with Crippen LogP contribution < -0.4 is 0 Å². The number of allylic oxidation sites excluding steroid dienone is 1. The summed E-state index contributed by atoms with van der Waals surface area (Å²) in [4.78, 5) is 31.8. The Morgan fingerprint density at radius 3 is 2.18 bits per heavy atom. The zero-order chi connectivity index (χ0) is 36.8. The van der Waals surface area contributed by atoms with Crippen LogP contribution in [0.5, 0.6) is 0 Å². The molecule has 1 aliphatic heterocycles. The monoisotopic (exact) mass is 705 g/mol. The summed E-state index contributed by atoms with van der Waals surface area (Å²) in [7, 11) is 1.32. The first-order valence-corrected chi connectivity index (χ1v) is 19.0. The number of rotatable bonds is 8. The Hall–Kier alpha value is -1.60. The third-order valence-corrected chi connectivity index (χ3v) is 16.4. The normalized spacial score (nSPS) is 49.6. The summed E-state index contributed by atoms with van der Waals surface area (Å²) in [5, 5.41) is 52.4. The van der Waals surface area contributed by atoms with E-state index in [1.54, 1.807) is 0 Å². The predicted octanol–water partition coefficient (Wildman–Crippen LogP) is 4.30. The van der Waals surface area contributed by atoms with Crippen molar-refractivity contribution in [3.63, 3.8) is 0 Å². The largest absolute Gasteiger partial charge is 0.481 e. The number of aliphatic hydroxyl groups excluding tert-OH is 4. The number of carboxylic acid groups (broad SMARTS) is 1. The molecule has 50 heavy (non-hydrogen) atoms. The number of fused-ring (bicyclic) bond motifs is 7. The molecule has 15 atom stereocenters. The maximum Gasteiger partial charge on any atom is 0.323 e. The molecule has 11 nitrogen and oxygen atoms in total. The van der Waals surface area contributed by atoms with Crippen LogP contribution in [-0.2, 0) is 23.9 Å². The molecule has 284 valence electrons. The van der Waals surface area contributed by atoms with Crippen molar-refractivity contribution in [1.29, 1.82) is 0 Å². The van der Waals surface area contributed by atoms with E-state index in [0.717, 1.165) is 68.4 Å². The topological polar surface area (TPSA) is 166 Å². The Labute approximate surface area is 297 Å². The summed E-state index contributed by atoms with van der Waals surface area (Å²) in [6.07, 6.45) is 1.79. The van der Waals surface area contributed by atoms with E-state index in [-0.39, 0.29) is 46.1 Å². The van der Waals surface area contributed by atoms with Gasteiger partial charge in [0.05, 0.1) is 19.1 Å². The van der Waals surface area contributed by atoms with Crippen LogP contribution in [0.3, 0.4) is 0 Å². The van der Waals surface area contributed by atoms with Gasteiger partial charge in [-0.05, 0) is 117 Å². The molecule has 6 fully saturated rings. The number of ether oxygens (including phenoxy) is 2. The summed E-state index contributed by atoms with van der Waals surface area (Å²) in [5.41, 5.74) is 0.327. The molecule has 0 aromatic rings. The summed E-state index contributed by atoms with van der Waals surface area (Å²) in [6.45, 7) is 17.5. The second kappa shape index (κ2) is 13.1. The van der Waals surface area contributed by atoms with Gasteiger partial charge in [0, 0.05) is 5.41 Å². The molecule has 1 saturated heterocycles. The Morgan fingerprint density at radius 1 is 0.860 bits per heavy atom. The average Bonchev–Trinajstić information content (AvgIpc) is 3.46. The van der Waals surface area contributed by atoms with Gasteiger partial charge in [-0.3, -0.25) is 14.4 Å². The van der Waals surface area contributed by atoms with Crippen LogP contribution in [-0.4, -0.2) is 99.5 Å². The fraction of sp³-hybridized carbons (Fsp3) is 0.897. The molecule has 0 aromatic carbocycles. The lowest BCUT2D eigenvalue weighted by molar-refractivity contribution is -0.327. The number of carbonyl (C=O) groups excluding carboxylic acids is 1. The summed E-state index contributed by atoms with van der Waals surface area (Å²) in [5.74, 6) is 0.404. The number of carbonyl (C=O) groups is 2. The number of hydroxylamine groups is 2. The zero-order valence-corrected chi connectivity index (χ0v) is 31.3. The SMILES string of the molecule is C=C(C)[C@@H]1CC[C@]2(C(=O)O)CC[C@]3(C)[C@H](CC[C@@H]4[C@@]5(C)CC[C@H](OC(=O)CN(OC)[C@@H]6O[C@H](CO)[C@@H](O)[C@@H](O)[C@H]6O)C(C)(C)[C@@H]5CC[C@]43C)[C@@H]12. The van der Waals surface area contributed by atoms with Crippen LogP contribution in [0.1, 0.15) is 106 Å². The van der Waals surface area contributed by atoms with Crippen LogP contribution in [0.25, 0.3) is 0 Å². The van der Waals surface area contributed by atoms with Crippen LogP contribution in [0.2, 0.25) is 0 Å². The van der Waals surface area contributed by atoms with Crippen LogP contribution in [0.4, 0.5) is 0 Å². The van der Waals surface area contributed by atoms with Gasteiger partial charge in [0.15, 0.2) is 6.23 Å². The molecule has 5 aliphatic carbocycles. The van der Waals surface area contributed by atoms with Gasteiger partial charge >= 0.3 is 11.9 Å². The molecular weight excluding hydrogens is 642 g/mol. The number of hydrogen-bond acceptors (Lipinski definition) is 10. The minimum absolute atomic E-state index is 0.0348. The molecule has 0 bridgehead atoms. The lowest BCUT2D eigenvalue weighted by atomic mass is 9.32. The van der Waals surface area contributed by atoms with Crippen molar-refractivity contribution in [2.24, 2.45) is 56.7 Å². The second-order valence-electron chi connectivity index (χ2n) is 18.5. The zero-order valence-electron chi connectivity index (χ0n) is 31.3. The molecule has 0 amide bonds. The van der Waals surface area contributed by atoms with Gasteiger partial charge in [0.2, 0.25) is 0 Å². The van der Waals surface area contributed by atoms with Crippen LogP contribution >= 0.6 is 0 Å². The summed E-state index contributed by atoms with van der Waals surface area (Å²) < 4.78 is 11.8. The number of hydrogen-bond donors (Lipinski definition) is 5. The smallest absolute Gasteiger partial charge is 0.323 e. The predicted molar refractivity (Wildman–Crippen MR) is 184 cm³/mol. The minimum atomic E-state index is -1.59. The Bertz CT molecular complexity index is 1340. The van der Waals surface area contributed by atoms with Crippen molar-refractivity contribution >= 4 is 11.9 Å². The van der Waals surface area contributed by atoms with Crippen molar-refractivity contribution in [3.8, 4) is 0 Å². The van der Waals surface area contributed by atoms with E-state index >= 15 is 0 Å². The van der Waals surface area contributed by atoms with Crippen LogP contribution in [0.15, 0.2) is 12.2 Å². The Kier molecular flexibility index (Phi) is 9.96. The van der Waals surface area contributed by atoms with E-state index in [1.807, 2.05) is 0 Å². The highest BCUT2D eigenvalue weighted by Gasteiger charge is 2.72. The molecule has 5 saturated carbocycles. The van der Waals surface area contributed by atoms with E-state index in [9.17, 15) is 35.1 Å². The molecule has 1 heterocycles. The summed E-state index contributed by atoms with van der Waals surface area (Å²) >= 11 is 0. The fourth-order valence-electron chi connectivity index (χ4n) is 13.6. The molecule has 0 spiro atoms. The molecule has 0 radical (unpaired) electrons. The van der Waals surface area contributed by atoms with Crippen molar-refractivity contribution in [1.82, 2.24) is 5.06 Å². The van der Waals surface area contributed by atoms with E-state index in [2.05, 4.69) is 48.1 Å². The average molecular weight is 706 g/mol. The van der Waals surface area contributed by atoms with Gasteiger partial charge in [-0.15, -0.1) is 5.06 Å². The third-order valence-electron chi connectivity index (χ3n) is 16.4. The number of nitrogens with zero attached hydrogens (tertiary/aromatic N) is 1. The number of aliphatic hydroxyl groups is 4. The van der Waals surface area contributed by atoms with E-state index < -0.39 is 54.6 Å². The van der Waals surface area contributed by atoms with Crippen LogP contribution in [0, 0.1) is 56.7 Å². The maximum atomic E-state index is 13.5.